The summed E-state index contributed by atoms with van der Waals surface area (Å²) in [4.78, 5) is 17.8. The van der Waals surface area contributed by atoms with Crippen LogP contribution in [0.3, 0.4) is 0 Å². The molecule has 9 heteroatoms. The van der Waals surface area contributed by atoms with Gasteiger partial charge >= 0.3 is 0 Å². The second kappa shape index (κ2) is 10.7. The number of nitrogens with one attached hydrogen (secondary N) is 2. The predicted octanol–water partition coefficient (Wildman–Crippen LogP) is 3.01. The summed E-state index contributed by atoms with van der Waals surface area (Å²) in [5, 5.41) is 5.70. The molecule has 0 radical (unpaired) electrons. The van der Waals surface area contributed by atoms with Crippen molar-refractivity contribution in [2.24, 2.45) is 17.6 Å². The average Bonchev–Trinajstić information content (AvgIpc) is 3.51. The lowest BCUT2D eigenvalue weighted by atomic mass is 10.0. The fourth-order valence-electron chi connectivity index (χ4n) is 3.75. The number of carbonyl (C=O) groups excluding carboxylic acids is 1. The Labute approximate surface area is 203 Å². The molecule has 2 unspecified atom stereocenters. The van der Waals surface area contributed by atoms with Gasteiger partial charge in [0.2, 0.25) is 10.0 Å². The molecule has 186 valence electrons. The van der Waals surface area contributed by atoms with Crippen LogP contribution in [0.2, 0.25) is 0 Å². The zero-order valence-corrected chi connectivity index (χ0v) is 21.5. The molecule has 1 saturated carbocycles. The van der Waals surface area contributed by atoms with Crippen molar-refractivity contribution in [2.75, 3.05) is 23.2 Å². The molecular weight excluding hydrogens is 450 g/mol. The maximum Gasteiger partial charge on any atom is 0.251 e. The van der Waals surface area contributed by atoms with Crippen molar-refractivity contribution in [1.82, 2.24) is 10.3 Å². The molecule has 1 aliphatic rings. The molecule has 4 N–H and O–H groups in total. The van der Waals surface area contributed by atoms with Crippen LogP contribution < -0.4 is 20.7 Å². The number of nitrogens with zero attached hydrogens (tertiary/aromatic N) is 2. The van der Waals surface area contributed by atoms with Crippen LogP contribution in [0.15, 0.2) is 42.5 Å². The van der Waals surface area contributed by atoms with E-state index in [0.717, 1.165) is 22.8 Å². The van der Waals surface area contributed by atoms with E-state index in [1.807, 2.05) is 37.3 Å². The molecule has 3 rings (SSSR count). The quantitative estimate of drug-likeness (QED) is 0.449. The molecule has 2 aromatic rings. The zero-order valence-electron chi connectivity index (χ0n) is 20.7. The number of nitrogens with two attached hydrogens (primary N) is 1. The van der Waals surface area contributed by atoms with Gasteiger partial charge < -0.3 is 16.4 Å². The number of rotatable bonds is 11. The molecule has 0 aliphatic heterocycles. The first-order valence-electron chi connectivity index (χ1n) is 11.8. The monoisotopic (exact) mass is 487 g/mol. The fourth-order valence-corrected chi connectivity index (χ4v) is 4.74. The molecule has 1 amide bonds. The molecule has 8 nitrogen and oxygen atoms in total. The minimum Gasteiger partial charge on any atom is -0.370 e. The number of aromatic nitrogens is 1. The largest absolute Gasteiger partial charge is 0.370 e. The highest BCUT2D eigenvalue weighted by molar-refractivity contribution is 7.93. The minimum absolute atomic E-state index is 0.202. The maximum absolute atomic E-state index is 13.3. The molecule has 1 aromatic carbocycles. The highest BCUT2D eigenvalue weighted by Crippen LogP contribution is 2.37. The van der Waals surface area contributed by atoms with Gasteiger partial charge in [0, 0.05) is 31.2 Å². The second-order valence-corrected chi connectivity index (χ2v) is 12.2. The minimum atomic E-state index is -3.60. The van der Waals surface area contributed by atoms with E-state index < -0.39 is 15.3 Å². The lowest BCUT2D eigenvalue weighted by molar-refractivity contribution is 0.0932. The number of benzene rings is 1. The van der Waals surface area contributed by atoms with E-state index in [2.05, 4.69) is 22.5 Å². The van der Waals surface area contributed by atoms with Crippen LogP contribution in [-0.2, 0) is 16.4 Å². The van der Waals surface area contributed by atoms with Crippen molar-refractivity contribution in [2.45, 2.75) is 57.9 Å². The Morgan fingerprint density at radius 3 is 2.41 bits per heavy atom. The first-order chi connectivity index (χ1) is 16.0. The normalized spacial score (nSPS) is 19.4. The van der Waals surface area contributed by atoms with Crippen molar-refractivity contribution in [3.63, 3.8) is 0 Å². The van der Waals surface area contributed by atoms with Crippen LogP contribution >= 0.6 is 0 Å². The standard InChI is InChI=1S/C25H37N5O3S/c1-16(2)34(32,33)30(5)24-14-20(13-23(29-24)27-15-21-11-17(21)3)25(31)28-22(18(4)26)12-19-9-7-6-8-10-19/h6-10,13-14,16-18,21-22H,11-12,15,26H2,1-5H3,(H,27,29)(H,28,31)/t17?,18-,21?,22-/m0/s1. The smallest absolute Gasteiger partial charge is 0.251 e. The van der Waals surface area contributed by atoms with Crippen molar-refractivity contribution in [1.29, 1.82) is 0 Å². The first kappa shape index (κ1) is 26.0. The van der Waals surface area contributed by atoms with E-state index in [-0.39, 0.29) is 23.8 Å². The summed E-state index contributed by atoms with van der Waals surface area (Å²) in [6.45, 7) is 8.02. The first-order valence-corrected chi connectivity index (χ1v) is 13.3. The molecule has 34 heavy (non-hydrogen) atoms. The van der Waals surface area contributed by atoms with Gasteiger partial charge in [0.25, 0.3) is 5.91 Å². The Kier molecular flexibility index (Phi) is 8.20. The van der Waals surface area contributed by atoms with Gasteiger partial charge in [-0.05, 0) is 63.1 Å². The Morgan fingerprint density at radius 2 is 1.85 bits per heavy atom. The van der Waals surface area contributed by atoms with Gasteiger partial charge in [0.05, 0.1) is 5.25 Å². The summed E-state index contributed by atoms with van der Waals surface area (Å²) in [7, 11) is -2.14. The van der Waals surface area contributed by atoms with Crippen molar-refractivity contribution < 1.29 is 13.2 Å². The third-order valence-corrected chi connectivity index (χ3v) is 8.59. The van der Waals surface area contributed by atoms with Gasteiger partial charge in [0.1, 0.15) is 11.6 Å². The summed E-state index contributed by atoms with van der Waals surface area (Å²) in [6.07, 6.45) is 1.74. The third kappa shape index (κ3) is 6.48. The Morgan fingerprint density at radius 1 is 1.21 bits per heavy atom. The van der Waals surface area contributed by atoms with Gasteiger partial charge in [-0.25, -0.2) is 13.4 Å². The van der Waals surface area contributed by atoms with Gasteiger partial charge in [-0.2, -0.15) is 0 Å². The van der Waals surface area contributed by atoms with E-state index in [1.165, 1.54) is 13.1 Å². The van der Waals surface area contributed by atoms with Crippen molar-refractivity contribution >= 4 is 27.6 Å². The van der Waals surface area contributed by atoms with E-state index in [4.69, 9.17) is 5.73 Å². The van der Waals surface area contributed by atoms with Crippen LogP contribution in [0.5, 0.6) is 0 Å². The summed E-state index contributed by atoms with van der Waals surface area (Å²) in [5.41, 5.74) is 7.59. The van der Waals surface area contributed by atoms with E-state index in [0.29, 0.717) is 29.6 Å². The van der Waals surface area contributed by atoms with Crippen LogP contribution in [0, 0.1) is 11.8 Å². The topological polar surface area (TPSA) is 117 Å². The Hall–Kier alpha value is -2.65. The molecule has 1 aliphatic carbocycles. The molecule has 1 aromatic heterocycles. The number of hydrogen-bond donors (Lipinski definition) is 3. The summed E-state index contributed by atoms with van der Waals surface area (Å²) in [5.74, 6) is 1.58. The fraction of sp³-hybridized carbons (Fsp3) is 0.520. The zero-order chi connectivity index (χ0) is 25.0. The van der Waals surface area contributed by atoms with Gasteiger partial charge in [-0.1, -0.05) is 37.3 Å². The SMILES string of the molecule is CC1CC1CNc1cc(C(=O)N[C@@H](Cc2ccccc2)[C@H](C)N)cc(N(C)S(=O)(=O)C(C)C)n1. The average molecular weight is 488 g/mol. The number of carbonyl (C=O) groups is 1. The van der Waals surface area contributed by atoms with Crippen LogP contribution in [-0.4, -0.2) is 50.2 Å². The predicted molar refractivity (Wildman–Crippen MR) is 138 cm³/mol. The second-order valence-electron chi connectivity index (χ2n) is 9.64. The highest BCUT2D eigenvalue weighted by Gasteiger charge is 2.32. The number of anilines is 2. The number of sulfonamides is 1. The van der Waals surface area contributed by atoms with Crippen LogP contribution in [0.25, 0.3) is 0 Å². The number of hydrogen-bond acceptors (Lipinski definition) is 6. The number of amides is 1. The third-order valence-electron chi connectivity index (χ3n) is 6.45. The Balaban J connectivity index is 1.87. The molecule has 1 heterocycles. The highest BCUT2D eigenvalue weighted by atomic mass is 32.2. The van der Waals surface area contributed by atoms with E-state index in [1.54, 1.807) is 19.9 Å². The maximum atomic E-state index is 13.3. The van der Waals surface area contributed by atoms with Crippen molar-refractivity contribution in [3.8, 4) is 0 Å². The van der Waals surface area contributed by atoms with Gasteiger partial charge in [-0.3, -0.25) is 9.10 Å². The van der Waals surface area contributed by atoms with Crippen LogP contribution in [0.4, 0.5) is 11.6 Å². The summed E-state index contributed by atoms with van der Waals surface area (Å²) in [6, 6.07) is 12.5. The molecule has 4 atom stereocenters. The molecule has 0 saturated heterocycles. The van der Waals surface area contributed by atoms with Crippen molar-refractivity contribution in [3.05, 3.63) is 53.6 Å². The number of pyridine rings is 1. The molecular formula is C25H37N5O3S. The van der Waals surface area contributed by atoms with Crippen LogP contribution in [0.1, 0.15) is 50.0 Å². The summed E-state index contributed by atoms with van der Waals surface area (Å²) >= 11 is 0. The van der Waals surface area contributed by atoms with E-state index in [9.17, 15) is 13.2 Å². The van der Waals surface area contributed by atoms with Gasteiger partial charge in [-0.15, -0.1) is 0 Å². The molecule has 1 fully saturated rings. The molecule has 0 bridgehead atoms. The summed E-state index contributed by atoms with van der Waals surface area (Å²) < 4.78 is 26.7. The van der Waals surface area contributed by atoms with E-state index >= 15 is 0 Å². The van der Waals surface area contributed by atoms with Gasteiger partial charge in [0.15, 0.2) is 0 Å². The Bertz CT molecular complexity index is 1090. The molecule has 0 spiro atoms. The lowest BCUT2D eigenvalue weighted by Gasteiger charge is -2.24. The lowest BCUT2D eigenvalue weighted by Crippen LogP contribution is -2.47.